The summed E-state index contributed by atoms with van der Waals surface area (Å²) in [4.78, 5) is 1.78. The molecule has 1 N–H and O–H groups in total. The van der Waals surface area contributed by atoms with Gasteiger partial charge in [0.05, 0.1) is 26.2 Å². The molecule has 0 bridgehead atoms. The molecule has 18 heavy (non-hydrogen) atoms. The maximum absolute atomic E-state index is 5.77. The van der Waals surface area contributed by atoms with Gasteiger partial charge in [-0.15, -0.1) is 0 Å². The summed E-state index contributed by atoms with van der Waals surface area (Å²) in [5.74, 6) is 1.00. The molecule has 0 saturated carbocycles. The molecule has 0 radical (unpaired) electrons. The Morgan fingerprint density at radius 1 is 1.00 bits per heavy atom. The fourth-order valence-electron chi connectivity index (χ4n) is 2.52. The number of halogens is 1. The summed E-state index contributed by atoms with van der Waals surface area (Å²) in [5, 5.41) is 0. The lowest BCUT2D eigenvalue weighted by molar-refractivity contribution is -0.899. The number of hydrogen-bond donors (Lipinski definition) is 1. The van der Waals surface area contributed by atoms with E-state index in [1.165, 1.54) is 55.3 Å². The highest BCUT2D eigenvalue weighted by Crippen LogP contribution is 2.13. The van der Waals surface area contributed by atoms with E-state index >= 15 is 0 Å². The Morgan fingerprint density at radius 2 is 1.67 bits per heavy atom. The Balaban J connectivity index is 1.61. The Morgan fingerprint density at radius 3 is 2.33 bits per heavy atom. The monoisotopic (exact) mass is 360 g/mol. The summed E-state index contributed by atoms with van der Waals surface area (Å²) in [5.41, 5.74) is 0. The van der Waals surface area contributed by atoms with Gasteiger partial charge >= 0.3 is 0 Å². The van der Waals surface area contributed by atoms with Gasteiger partial charge in [-0.05, 0) is 72.5 Å². The molecule has 100 valence electrons. The van der Waals surface area contributed by atoms with E-state index in [1.54, 1.807) is 4.90 Å². The zero-order valence-corrected chi connectivity index (χ0v) is 13.1. The van der Waals surface area contributed by atoms with Crippen LogP contribution in [-0.4, -0.2) is 26.2 Å². The molecule has 1 aliphatic rings. The number of benzene rings is 1. The summed E-state index contributed by atoms with van der Waals surface area (Å²) >= 11 is 2.32. The molecule has 1 saturated heterocycles. The maximum Gasteiger partial charge on any atom is 0.119 e. The van der Waals surface area contributed by atoms with Crippen LogP contribution >= 0.6 is 22.6 Å². The quantitative estimate of drug-likeness (QED) is 0.629. The highest BCUT2D eigenvalue weighted by molar-refractivity contribution is 14.1. The first-order valence-corrected chi connectivity index (χ1v) is 8.14. The van der Waals surface area contributed by atoms with Crippen LogP contribution in [0.2, 0.25) is 0 Å². The van der Waals surface area contributed by atoms with E-state index in [9.17, 15) is 0 Å². The fourth-order valence-corrected chi connectivity index (χ4v) is 2.88. The van der Waals surface area contributed by atoms with Gasteiger partial charge in [-0.3, -0.25) is 0 Å². The van der Waals surface area contributed by atoms with Crippen LogP contribution < -0.4 is 9.64 Å². The number of ether oxygens (including phenoxy) is 1. The molecular formula is C15H23INO+. The summed E-state index contributed by atoms with van der Waals surface area (Å²) in [6.07, 6.45) is 6.85. The zero-order valence-electron chi connectivity index (χ0n) is 11.0. The third-order valence-electron chi connectivity index (χ3n) is 3.57. The van der Waals surface area contributed by atoms with E-state index < -0.39 is 0 Å². The second kappa shape index (κ2) is 8.00. The van der Waals surface area contributed by atoms with E-state index in [0.29, 0.717) is 0 Å². The van der Waals surface area contributed by atoms with Crippen LogP contribution in [0.4, 0.5) is 0 Å². The predicted molar refractivity (Wildman–Crippen MR) is 83.3 cm³/mol. The van der Waals surface area contributed by atoms with E-state index in [1.807, 2.05) is 0 Å². The minimum atomic E-state index is 0.851. The SMILES string of the molecule is Ic1ccc(OCCC[NH+]2CCCCCC2)cc1. The van der Waals surface area contributed by atoms with Crippen LogP contribution in [-0.2, 0) is 0 Å². The van der Waals surface area contributed by atoms with Gasteiger partial charge in [-0.2, -0.15) is 0 Å². The lowest BCUT2D eigenvalue weighted by Gasteiger charge is -2.16. The maximum atomic E-state index is 5.77. The molecule has 1 fully saturated rings. The normalized spacial score (nSPS) is 17.4. The lowest BCUT2D eigenvalue weighted by atomic mass is 10.2. The fraction of sp³-hybridized carbons (Fsp3) is 0.600. The van der Waals surface area contributed by atoms with Crippen molar-refractivity contribution in [1.29, 1.82) is 0 Å². The topological polar surface area (TPSA) is 13.7 Å². The highest BCUT2D eigenvalue weighted by Gasteiger charge is 2.11. The van der Waals surface area contributed by atoms with Gasteiger partial charge in [0.15, 0.2) is 0 Å². The van der Waals surface area contributed by atoms with E-state index in [0.717, 1.165) is 12.4 Å². The van der Waals surface area contributed by atoms with Crippen LogP contribution in [0.1, 0.15) is 32.1 Å². The van der Waals surface area contributed by atoms with Gasteiger partial charge in [0.2, 0.25) is 0 Å². The summed E-state index contributed by atoms with van der Waals surface area (Å²) in [7, 11) is 0. The van der Waals surface area contributed by atoms with Crippen molar-refractivity contribution in [3.8, 4) is 5.75 Å². The molecule has 1 aromatic rings. The molecule has 1 aliphatic heterocycles. The molecule has 1 heterocycles. The van der Waals surface area contributed by atoms with Gasteiger partial charge in [0.1, 0.15) is 5.75 Å². The minimum absolute atomic E-state index is 0.851. The minimum Gasteiger partial charge on any atom is -0.493 e. The summed E-state index contributed by atoms with van der Waals surface area (Å²) in [6, 6.07) is 8.30. The third kappa shape index (κ3) is 5.14. The van der Waals surface area contributed by atoms with E-state index in [2.05, 4.69) is 46.9 Å². The molecule has 0 amide bonds. The lowest BCUT2D eigenvalue weighted by Crippen LogP contribution is -3.11. The largest absolute Gasteiger partial charge is 0.493 e. The van der Waals surface area contributed by atoms with Crippen molar-refractivity contribution in [1.82, 2.24) is 0 Å². The van der Waals surface area contributed by atoms with E-state index in [-0.39, 0.29) is 0 Å². The van der Waals surface area contributed by atoms with Crippen LogP contribution in [0, 0.1) is 3.57 Å². The molecule has 3 heteroatoms. The average molecular weight is 360 g/mol. The van der Waals surface area contributed by atoms with Crippen LogP contribution in [0.25, 0.3) is 0 Å². The molecule has 1 aromatic carbocycles. The van der Waals surface area contributed by atoms with Crippen LogP contribution in [0.5, 0.6) is 5.75 Å². The number of quaternary nitrogens is 1. The molecule has 0 aliphatic carbocycles. The highest BCUT2D eigenvalue weighted by atomic mass is 127. The summed E-state index contributed by atoms with van der Waals surface area (Å²) in [6.45, 7) is 4.85. The van der Waals surface area contributed by atoms with Crippen molar-refractivity contribution in [3.05, 3.63) is 27.8 Å². The van der Waals surface area contributed by atoms with Crippen molar-refractivity contribution in [2.75, 3.05) is 26.2 Å². The van der Waals surface area contributed by atoms with Gasteiger partial charge in [0.25, 0.3) is 0 Å². The van der Waals surface area contributed by atoms with Crippen molar-refractivity contribution in [3.63, 3.8) is 0 Å². The Hall–Kier alpha value is -0.290. The first-order valence-electron chi connectivity index (χ1n) is 7.06. The molecule has 0 atom stereocenters. The van der Waals surface area contributed by atoms with Gasteiger partial charge in [0, 0.05) is 9.99 Å². The second-order valence-electron chi connectivity index (χ2n) is 5.07. The van der Waals surface area contributed by atoms with Gasteiger partial charge < -0.3 is 9.64 Å². The second-order valence-corrected chi connectivity index (χ2v) is 6.32. The number of rotatable bonds is 5. The van der Waals surface area contributed by atoms with Gasteiger partial charge in [-0.25, -0.2) is 0 Å². The standard InChI is InChI=1S/C15H22INO/c16-14-6-8-15(9-7-14)18-13-5-12-17-10-3-1-2-4-11-17/h6-9H,1-5,10-13H2/p+1. The third-order valence-corrected chi connectivity index (χ3v) is 4.29. The first-order chi connectivity index (χ1) is 8.84. The number of nitrogens with one attached hydrogen (secondary N) is 1. The Kier molecular flexibility index (Phi) is 6.28. The van der Waals surface area contributed by atoms with Gasteiger partial charge in [-0.1, -0.05) is 0 Å². The molecule has 0 spiro atoms. The molecule has 0 aromatic heterocycles. The smallest absolute Gasteiger partial charge is 0.119 e. The molecule has 2 nitrogen and oxygen atoms in total. The van der Waals surface area contributed by atoms with Crippen LogP contribution in [0.3, 0.4) is 0 Å². The summed E-state index contributed by atoms with van der Waals surface area (Å²) < 4.78 is 7.02. The Labute approximate surface area is 124 Å². The predicted octanol–water partition coefficient (Wildman–Crippen LogP) is 2.52. The van der Waals surface area contributed by atoms with Crippen molar-refractivity contribution >= 4 is 22.6 Å². The first kappa shape index (κ1) is 14.1. The number of hydrogen-bond acceptors (Lipinski definition) is 1. The molecular weight excluding hydrogens is 337 g/mol. The van der Waals surface area contributed by atoms with Crippen molar-refractivity contribution in [2.45, 2.75) is 32.1 Å². The molecule has 2 rings (SSSR count). The van der Waals surface area contributed by atoms with E-state index in [4.69, 9.17) is 4.74 Å². The van der Waals surface area contributed by atoms with Crippen LogP contribution in [0.15, 0.2) is 24.3 Å². The molecule has 0 unspecified atom stereocenters. The van der Waals surface area contributed by atoms with Crippen molar-refractivity contribution < 1.29 is 9.64 Å². The van der Waals surface area contributed by atoms with Crippen molar-refractivity contribution in [2.24, 2.45) is 0 Å². The zero-order chi connectivity index (χ0) is 12.6. The number of likely N-dealkylation sites (tertiary alicyclic amines) is 1. The average Bonchev–Trinajstić information content (AvgIpc) is 2.65. The Bertz CT molecular complexity index is 331.